The van der Waals surface area contributed by atoms with Gasteiger partial charge in [-0.25, -0.2) is 4.39 Å². The molecule has 0 atom stereocenters. The number of thiocarbonyl (C=S) groups is 1. The van der Waals surface area contributed by atoms with Crippen LogP contribution >= 0.6 is 23.8 Å². The van der Waals surface area contributed by atoms with Crippen LogP contribution in [0.25, 0.3) is 0 Å². The van der Waals surface area contributed by atoms with Crippen LogP contribution in [-0.4, -0.2) is 11.0 Å². The maximum atomic E-state index is 13.7. The predicted octanol–water partition coefficient (Wildman–Crippen LogP) is 5.85. The summed E-state index contributed by atoms with van der Waals surface area (Å²) < 4.78 is 13.7. The molecule has 4 nitrogen and oxygen atoms in total. The zero-order valence-corrected chi connectivity index (χ0v) is 16.5. The number of hydrogen-bond donors (Lipinski definition) is 3. The van der Waals surface area contributed by atoms with Crippen LogP contribution in [0.1, 0.15) is 15.9 Å². The van der Waals surface area contributed by atoms with Crippen molar-refractivity contribution in [1.29, 1.82) is 0 Å². The molecule has 0 aliphatic carbocycles. The molecule has 0 saturated heterocycles. The molecule has 0 unspecified atom stereocenters. The van der Waals surface area contributed by atoms with Crippen molar-refractivity contribution in [3.8, 4) is 0 Å². The first-order valence-corrected chi connectivity index (χ1v) is 9.21. The monoisotopic (exact) mass is 413 g/mol. The molecule has 7 heteroatoms. The van der Waals surface area contributed by atoms with Gasteiger partial charge in [-0.15, -0.1) is 0 Å². The molecule has 0 aromatic heterocycles. The van der Waals surface area contributed by atoms with Crippen molar-refractivity contribution >= 4 is 51.9 Å². The molecular formula is C21H17ClFN3OS. The molecular weight excluding hydrogens is 397 g/mol. The second kappa shape index (κ2) is 8.82. The average molecular weight is 414 g/mol. The SMILES string of the molecule is Cc1ccc(NC(=S)Nc2ccc(NC(=O)c3ccccc3F)cc2)cc1Cl. The second-order valence-electron chi connectivity index (χ2n) is 6.05. The number of halogens is 2. The van der Waals surface area contributed by atoms with E-state index in [9.17, 15) is 9.18 Å². The molecule has 0 aliphatic rings. The highest BCUT2D eigenvalue weighted by Crippen LogP contribution is 2.21. The second-order valence-corrected chi connectivity index (χ2v) is 6.87. The molecule has 0 saturated carbocycles. The summed E-state index contributed by atoms with van der Waals surface area (Å²) in [5.74, 6) is -1.07. The molecule has 3 N–H and O–H groups in total. The molecule has 3 aromatic carbocycles. The van der Waals surface area contributed by atoms with Crippen LogP contribution in [0.15, 0.2) is 66.7 Å². The molecule has 142 valence electrons. The van der Waals surface area contributed by atoms with Crippen molar-refractivity contribution in [2.24, 2.45) is 0 Å². The van der Waals surface area contributed by atoms with Crippen molar-refractivity contribution in [3.05, 3.63) is 88.7 Å². The summed E-state index contributed by atoms with van der Waals surface area (Å²) >= 11 is 11.4. The van der Waals surface area contributed by atoms with E-state index in [2.05, 4.69) is 16.0 Å². The van der Waals surface area contributed by atoms with Gasteiger partial charge in [0.25, 0.3) is 5.91 Å². The number of anilines is 3. The van der Waals surface area contributed by atoms with Crippen LogP contribution in [-0.2, 0) is 0 Å². The van der Waals surface area contributed by atoms with Crippen molar-refractivity contribution in [2.45, 2.75) is 6.92 Å². The summed E-state index contributed by atoms with van der Waals surface area (Å²) in [5, 5.41) is 9.83. The minimum atomic E-state index is -0.564. The molecule has 0 heterocycles. The van der Waals surface area contributed by atoms with E-state index in [0.717, 1.165) is 16.9 Å². The van der Waals surface area contributed by atoms with E-state index in [1.54, 1.807) is 36.4 Å². The third kappa shape index (κ3) is 5.06. The molecule has 0 spiro atoms. The first-order valence-electron chi connectivity index (χ1n) is 8.42. The standard InChI is InChI=1S/C21H17ClFN3OS/c1-13-6-7-16(12-18(13)22)26-21(28)25-15-10-8-14(9-11-15)24-20(27)17-4-2-3-5-19(17)23/h2-12H,1H3,(H,24,27)(H2,25,26,28). The van der Waals surface area contributed by atoms with E-state index in [0.29, 0.717) is 15.8 Å². The quantitative estimate of drug-likeness (QED) is 0.470. The fourth-order valence-electron chi connectivity index (χ4n) is 2.44. The highest BCUT2D eigenvalue weighted by atomic mass is 35.5. The van der Waals surface area contributed by atoms with Gasteiger partial charge in [0, 0.05) is 22.1 Å². The largest absolute Gasteiger partial charge is 0.332 e. The zero-order chi connectivity index (χ0) is 20.1. The first-order chi connectivity index (χ1) is 13.4. The van der Waals surface area contributed by atoms with E-state index in [1.165, 1.54) is 18.2 Å². The summed E-state index contributed by atoms with van der Waals surface area (Å²) in [5.41, 5.74) is 3.04. The van der Waals surface area contributed by atoms with Crippen molar-refractivity contribution in [1.82, 2.24) is 0 Å². The van der Waals surface area contributed by atoms with E-state index in [1.807, 2.05) is 19.1 Å². The number of hydrogen-bond acceptors (Lipinski definition) is 2. The Morgan fingerprint density at radius 3 is 2.11 bits per heavy atom. The summed E-state index contributed by atoms with van der Waals surface area (Å²) in [6.07, 6.45) is 0. The Morgan fingerprint density at radius 1 is 0.893 bits per heavy atom. The Hall–Kier alpha value is -2.96. The van der Waals surface area contributed by atoms with Crippen LogP contribution in [0.4, 0.5) is 21.5 Å². The zero-order valence-electron chi connectivity index (χ0n) is 14.9. The fraction of sp³-hybridized carbons (Fsp3) is 0.0476. The van der Waals surface area contributed by atoms with Crippen LogP contribution < -0.4 is 16.0 Å². The average Bonchev–Trinajstić information content (AvgIpc) is 2.66. The van der Waals surface area contributed by atoms with Crippen molar-refractivity contribution < 1.29 is 9.18 Å². The number of benzene rings is 3. The molecule has 0 radical (unpaired) electrons. The van der Waals surface area contributed by atoms with Gasteiger partial charge in [0.1, 0.15) is 5.82 Å². The number of carbonyl (C=O) groups is 1. The van der Waals surface area contributed by atoms with Crippen LogP contribution in [0.5, 0.6) is 0 Å². The summed E-state index contributed by atoms with van der Waals surface area (Å²) in [6, 6.07) is 18.3. The topological polar surface area (TPSA) is 53.2 Å². The number of aryl methyl sites for hydroxylation is 1. The lowest BCUT2D eigenvalue weighted by atomic mass is 10.2. The molecule has 28 heavy (non-hydrogen) atoms. The Bertz CT molecular complexity index is 1020. The minimum absolute atomic E-state index is 0.00756. The smallest absolute Gasteiger partial charge is 0.258 e. The van der Waals surface area contributed by atoms with Gasteiger partial charge in [0.05, 0.1) is 5.56 Å². The highest BCUT2D eigenvalue weighted by Gasteiger charge is 2.11. The van der Waals surface area contributed by atoms with Crippen LogP contribution in [0.3, 0.4) is 0 Å². The van der Waals surface area contributed by atoms with Gasteiger partial charge in [-0.3, -0.25) is 4.79 Å². The maximum absolute atomic E-state index is 13.7. The number of carbonyl (C=O) groups excluding carboxylic acids is 1. The van der Waals surface area contributed by atoms with Crippen molar-refractivity contribution in [2.75, 3.05) is 16.0 Å². The van der Waals surface area contributed by atoms with Gasteiger partial charge in [0.2, 0.25) is 0 Å². The van der Waals surface area contributed by atoms with Gasteiger partial charge >= 0.3 is 0 Å². The number of nitrogens with one attached hydrogen (secondary N) is 3. The van der Waals surface area contributed by atoms with Gasteiger partial charge in [-0.1, -0.05) is 29.8 Å². The van der Waals surface area contributed by atoms with Gasteiger partial charge in [0.15, 0.2) is 5.11 Å². The van der Waals surface area contributed by atoms with Crippen LogP contribution in [0.2, 0.25) is 5.02 Å². The van der Waals surface area contributed by atoms with E-state index in [4.69, 9.17) is 23.8 Å². The first kappa shape index (κ1) is 19.8. The summed E-state index contributed by atoms with van der Waals surface area (Å²) in [7, 11) is 0. The lowest BCUT2D eigenvalue weighted by Gasteiger charge is -2.12. The summed E-state index contributed by atoms with van der Waals surface area (Å²) in [6.45, 7) is 1.93. The Balaban J connectivity index is 1.59. The lowest BCUT2D eigenvalue weighted by Crippen LogP contribution is -2.19. The third-order valence-electron chi connectivity index (χ3n) is 3.95. The third-order valence-corrected chi connectivity index (χ3v) is 4.56. The molecule has 3 rings (SSSR count). The number of rotatable bonds is 4. The van der Waals surface area contributed by atoms with Gasteiger partial charge in [-0.2, -0.15) is 0 Å². The molecule has 0 fully saturated rings. The van der Waals surface area contributed by atoms with Crippen molar-refractivity contribution in [3.63, 3.8) is 0 Å². The molecule has 3 aromatic rings. The predicted molar refractivity (Wildman–Crippen MR) is 117 cm³/mol. The summed E-state index contributed by atoms with van der Waals surface area (Å²) in [4.78, 5) is 12.1. The van der Waals surface area contributed by atoms with Crippen LogP contribution in [0, 0.1) is 12.7 Å². The molecule has 0 bridgehead atoms. The lowest BCUT2D eigenvalue weighted by molar-refractivity contribution is 0.102. The molecule has 0 aliphatic heterocycles. The fourth-order valence-corrected chi connectivity index (χ4v) is 2.86. The Morgan fingerprint density at radius 2 is 1.46 bits per heavy atom. The Kier molecular flexibility index (Phi) is 6.23. The number of amides is 1. The molecule has 1 amide bonds. The minimum Gasteiger partial charge on any atom is -0.332 e. The maximum Gasteiger partial charge on any atom is 0.258 e. The van der Waals surface area contributed by atoms with E-state index >= 15 is 0 Å². The van der Waals surface area contributed by atoms with Gasteiger partial charge < -0.3 is 16.0 Å². The van der Waals surface area contributed by atoms with E-state index in [-0.39, 0.29) is 5.56 Å². The normalized spacial score (nSPS) is 10.2. The van der Waals surface area contributed by atoms with Gasteiger partial charge in [-0.05, 0) is 73.2 Å². The highest BCUT2D eigenvalue weighted by molar-refractivity contribution is 7.80. The Labute approximate surface area is 172 Å². The van der Waals surface area contributed by atoms with E-state index < -0.39 is 11.7 Å².